The van der Waals surface area contributed by atoms with Crippen LogP contribution in [0.1, 0.15) is 174 Å². The van der Waals surface area contributed by atoms with Crippen LogP contribution in [-0.4, -0.2) is 31.2 Å². The fourth-order valence-corrected chi connectivity index (χ4v) is 12.1. The first kappa shape index (κ1) is 60.0. The summed E-state index contributed by atoms with van der Waals surface area (Å²) in [6.07, 6.45) is 0. The average molecular weight is 1150 g/mol. The first-order valence-electron chi connectivity index (χ1n) is 29.0. The highest BCUT2D eigenvalue weighted by atomic mass is 35.5. The number of guanidine groups is 2. The lowest BCUT2D eigenvalue weighted by Crippen LogP contribution is -3.00. The Labute approximate surface area is 506 Å². The van der Waals surface area contributed by atoms with Crippen LogP contribution in [0.4, 0.5) is 0 Å². The lowest BCUT2D eigenvalue weighted by atomic mass is 9.79. The topological polar surface area (TPSA) is 25.1 Å². The van der Waals surface area contributed by atoms with Crippen molar-refractivity contribution >= 4 is 35.1 Å². The Hall–Kier alpha value is -6.63. The molecule has 0 amide bonds. The third kappa shape index (κ3) is 13.4. The zero-order valence-corrected chi connectivity index (χ0v) is 52.4. The number of halogens is 3. The molecule has 0 N–H and O–H groups in total. The van der Waals surface area contributed by atoms with E-state index in [-0.39, 0.29) is 58.2 Å². The fourth-order valence-electron chi connectivity index (χ4n) is 11.8. The van der Waals surface area contributed by atoms with Crippen LogP contribution in [0.25, 0.3) is 0 Å². The van der Waals surface area contributed by atoms with Crippen molar-refractivity contribution in [2.24, 2.45) is 4.99 Å². The normalized spacial score (nSPS) is 17.8. The molecule has 2 aliphatic rings. The van der Waals surface area contributed by atoms with Gasteiger partial charge in [-0.25, -0.2) is 9.48 Å². The van der Waals surface area contributed by atoms with Crippen molar-refractivity contribution in [1.82, 2.24) is 14.7 Å². The molecule has 1 saturated heterocycles. The van der Waals surface area contributed by atoms with E-state index in [0.29, 0.717) is 36.2 Å². The van der Waals surface area contributed by atoms with E-state index in [2.05, 4.69) is 284 Å². The molecule has 0 aromatic heterocycles. The van der Waals surface area contributed by atoms with Gasteiger partial charge < -0.3 is 22.2 Å². The molecule has 0 saturated carbocycles. The van der Waals surface area contributed by atoms with Gasteiger partial charge in [-0.3, -0.25) is 0 Å². The second-order valence-electron chi connectivity index (χ2n) is 26.7. The quantitative estimate of drug-likeness (QED) is 0.114. The number of hydrogen-bond acceptors (Lipinski definition) is 2. The standard InChI is InChI=1S/C74H82Cl2N5.ClH/c1-71(2,3)59-41-53(42-60(45-59)72(4,5)6)49-80-67(57-29-21-15-22-30-57)68(58-31-23-16-24-32-58)81(50-54-43-61(73(7,8)9)46-62(44-54)74(10,11)12)70(80)77-69-78(47-51-33-37-63(75)38-34-51)65(55-25-17-13-18-26-55)66(56-27-19-14-20-28-56)79(69)48-52-35-39-64(76)40-36-52;/h13-46,65-68H,47-50H2,1-12H3;1H/q+1;/p-1/t65-,66-,67-,68-;/m0./s1. The summed E-state index contributed by atoms with van der Waals surface area (Å²) in [6.45, 7) is 30.5. The van der Waals surface area contributed by atoms with E-state index in [4.69, 9.17) is 28.2 Å². The van der Waals surface area contributed by atoms with E-state index in [1.807, 2.05) is 24.3 Å². The van der Waals surface area contributed by atoms with Crippen molar-refractivity contribution in [2.75, 3.05) is 0 Å². The van der Waals surface area contributed by atoms with Gasteiger partial charge in [-0.1, -0.05) is 288 Å². The van der Waals surface area contributed by atoms with E-state index in [9.17, 15) is 0 Å². The van der Waals surface area contributed by atoms with E-state index in [0.717, 1.165) is 23.0 Å². The van der Waals surface area contributed by atoms with Crippen LogP contribution in [0.5, 0.6) is 0 Å². The van der Waals surface area contributed by atoms with Crippen molar-refractivity contribution < 1.29 is 17.0 Å². The minimum atomic E-state index is -0.150. The Kier molecular flexibility index (Phi) is 17.8. The molecule has 5 nitrogen and oxygen atoms in total. The van der Waals surface area contributed by atoms with Crippen LogP contribution < -0.4 is 12.4 Å². The Morgan fingerprint density at radius 1 is 0.366 bits per heavy atom. The average Bonchev–Trinajstić information content (AvgIpc) is 2.26. The predicted octanol–water partition coefficient (Wildman–Crippen LogP) is 15.9. The van der Waals surface area contributed by atoms with E-state index in [1.54, 1.807) is 0 Å². The van der Waals surface area contributed by atoms with Gasteiger partial charge in [-0.05, 0) is 118 Å². The first-order valence-corrected chi connectivity index (χ1v) is 29.8. The van der Waals surface area contributed by atoms with Crippen LogP contribution in [0.15, 0.2) is 211 Å². The van der Waals surface area contributed by atoms with Gasteiger partial charge in [0.1, 0.15) is 12.1 Å². The number of benzene rings is 8. The molecule has 10 rings (SSSR count). The number of aliphatic imine (C=N–C) groups is 1. The molecule has 82 heavy (non-hydrogen) atoms. The molecular formula is C74H82Cl3N5. The third-order valence-corrected chi connectivity index (χ3v) is 16.9. The molecule has 8 aromatic rings. The summed E-state index contributed by atoms with van der Waals surface area (Å²) in [6, 6.07) is 75.5. The minimum Gasteiger partial charge on any atom is -1.00 e. The van der Waals surface area contributed by atoms with Gasteiger partial charge in [-0.2, -0.15) is 0 Å². The smallest absolute Gasteiger partial charge is 0.394 e. The van der Waals surface area contributed by atoms with Crippen LogP contribution in [0.3, 0.4) is 0 Å². The van der Waals surface area contributed by atoms with Gasteiger partial charge >= 0.3 is 5.96 Å². The van der Waals surface area contributed by atoms with Crippen LogP contribution in [0.2, 0.25) is 10.0 Å². The van der Waals surface area contributed by atoms with Crippen molar-refractivity contribution in [3.05, 3.63) is 283 Å². The molecule has 0 unspecified atom stereocenters. The Balaban J connectivity index is 0.00000810. The van der Waals surface area contributed by atoms with Crippen LogP contribution in [0, 0.1) is 0 Å². The second kappa shape index (κ2) is 24.3. The van der Waals surface area contributed by atoms with Crippen LogP contribution >= 0.6 is 23.2 Å². The molecule has 0 spiro atoms. The molecule has 0 bridgehead atoms. The van der Waals surface area contributed by atoms with Crippen LogP contribution in [-0.2, 0) is 47.8 Å². The maximum atomic E-state index is 6.69. The number of nitrogens with zero attached hydrogens (tertiary/aromatic N) is 5. The summed E-state index contributed by atoms with van der Waals surface area (Å²) in [5, 5.41) is 1.42. The van der Waals surface area contributed by atoms with Gasteiger partial charge in [0.2, 0.25) is 0 Å². The molecule has 0 aliphatic carbocycles. The summed E-state index contributed by atoms with van der Waals surface area (Å²) in [4.78, 5) is 14.3. The van der Waals surface area contributed by atoms with E-state index in [1.165, 1.54) is 55.6 Å². The Morgan fingerprint density at radius 2 is 0.683 bits per heavy atom. The number of hydrogen-bond donors (Lipinski definition) is 0. The second-order valence-corrected chi connectivity index (χ2v) is 27.6. The maximum absolute atomic E-state index is 6.69. The zero-order chi connectivity index (χ0) is 57.4. The van der Waals surface area contributed by atoms with Gasteiger partial charge in [0.15, 0.2) is 0 Å². The Morgan fingerprint density at radius 3 is 1.04 bits per heavy atom. The van der Waals surface area contributed by atoms with Crippen molar-refractivity contribution in [3.63, 3.8) is 0 Å². The summed E-state index contributed by atoms with van der Waals surface area (Å²) in [5.74, 6) is 1.82. The van der Waals surface area contributed by atoms with Gasteiger partial charge in [-0.15, -0.1) is 0 Å². The van der Waals surface area contributed by atoms with E-state index >= 15 is 0 Å². The largest absolute Gasteiger partial charge is 1.00 e. The predicted molar refractivity (Wildman–Crippen MR) is 340 cm³/mol. The van der Waals surface area contributed by atoms with Crippen molar-refractivity contribution in [3.8, 4) is 0 Å². The summed E-state index contributed by atoms with van der Waals surface area (Å²) >= 11 is 13.4. The highest BCUT2D eigenvalue weighted by Crippen LogP contribution is 2.49. The molecule has 1 fully saturated rings. The SMILES string of the molecule is CC(C)(C)c1cc(CN2C(N=C3N(Cc4ccc(Cl)cc4)[C@@H](c4ccccc4)[C@H](c4ccccc4)N3Cc3ccc(Cl)cc3)=[N+](Cc3cc(C(C)(C)C)cc(C(C)(C)C)c3)[C@@H](c3ccccc3)[C@@H]2c2ccccc2)cc(C(C)(C)C)c1.[Cl-]. The van der Waals surface area contributed by atoms with Gasteiger partial charge in [0, 0.05) is 23.1 Å². The van der Waals surface area contributed by atoms with Gasteiger partial charge in [0.05, 0.1) is 25.2 Å². The summed E-state index contributed by atoms with van der Waals surface area (Å²) < 4.78 is 2.67. The van der Waals surface area contributed by atoms with E-state index < -0.39 is 0 Å². The third-order valence-electron chi connectivity index (χ3n) is 16.4. The molecule has 2 aliphatic heterocycles. The molecule has 2 heterocycles. The molecule has 424 valence electrons. The molecule has 0 radical (unpaired) electrons. The lowest BCUT2D eigenvalue weighted by molar-refractivity contribution is -0.583. The highest BCUT2D eigenvalue weighted by molar-refractivity contribution is 6.30. The Bertz CT molecular complexity index is 3330. The summed E-state index contributed by atoms with van der Waals surface area (Å²) in [7, 11) is 0. The zero-order valence-electron chi connectivity index (χ0n) is 50.1. The van der Waals surface area contributed by atoms with Gasteiger partial charge in [0.25, 0.3) is 5.96 Å². The minimum absolute atomic E-state index is 0. The molecule has 8 aromatic carbocycles. The number of rotatable bonds is 12. The monoisotopic (exact) mass is 1150 g/mol. The van der Waals surface area contributed by atoms with Crippen molar-refractivity contribution in [1.29, 1.82) is 0 Å². The molecule has 8 heteroatoms. The molecular weight excluding hydrogens is 1070 g/mol. The first-order chi connectivity index (χ1) is 38.5. The summed E-state index contributed by atoms with van der Waals surface area (Å²) in [5.41, 5.74) is 14.7. The fraction of sp³-hybridized carbons (Fsp3) is 0.324. The maximum Gasteiger partial charge on any atom is 0.394 e. The lowest BCUT2D eigenvalue weighted by Gasteiger charge is -2.29. The highest BCUT2D eigenvalue weighted by Gasteiger charge is 2.53. The molecule has 4 atom stereocenters. The van der Waals surface area contributed by atoms with Crippen molar-refractivity contribution in [2.45, 2.75) is 155 Å².